The van der Waals surface area contributed by atoms with Crippen LogP contribution in [0.5, 0.6) is 0 Å². The number of hydrogen-bond donors (Lipinski definition) is 3. The molecule has 1 aromatic carbocycles. The molecule has 3 N–H and O–H groups in total. The summed E-state index contributed by atoms with van der Waals surface area (Å²) in [6.45, 7) is 4.96. The van der Waals surface area contributed by atoms with Crippen molar-refractivity contribution in [1.82, 2.24) is 25.5 Å². The van der Waals surface area contributed by atoms with E-state index in [0.717, 1.165) is 64.1 Å². The molecule has 0 radical (unpaired) electrons. The summed E-state index contributed by atoms with van der Waals surface area (Å²) >= 11 is 0. The van der Waals surface area contributed by atoms with Crippen LogP contribution >= 0.6 is 0 Å². The van der Waals surface area contributed by atoms with Gasteiger partial charge in [0.1, 0.15) is 17.8 Å². The summed E-state index contributed by atoms with van der Waals surface area (Å²) in [6, 6.07) is 11.0. The van der Waals surface area contributed by atoms with Gasteiger partial charge in [0.25, 0.3) is 5.91 Å². The number of ether oxygens (including phenoxy) is 1. The van der Waals surface area contributed by atoms with E-state index in [9.17, 15) is 4.79 Å². The van der Waals surface area contributed by atoms with Crippen molar-refractivity contribution in [3.63, 3.8) is 0 Å². The van der Waals surface area contributed by atoms with E-state index < -0.39 is 0 Å². The third-order valence-corrected chi connectivity index (χ3v) is 6.96. The lowest BCUT2D eigenvalue weighted by Gasteiger charge is -2.34. The van der Waals surface area contributed by atoms with Gasteiger partial charge >= 0.3 is 0 Å². The molecule has 2 fully saturated rings. The second kappa shape index (κ2) is 10.6. The number of anilines is 1. The Balaban J connectivity index is 1.17. The number of amides is 1. The van der Waals surface area contributed by atoms with Gasteiger partial charge < -0.3 is 25.6 Å². The van der Waals surface area contributed by atoms with Crippen LogP contribution in [0.4, 0.5) is 5.82 Å². The Morgan fingerprint density at radius 1 is 1.15 bits per heavy atom. The Morgan fingerprint density at radius 2 is 2.03 bits per heavy atom. The van der Waals surface area contributed by atoms with E-state index in [1.54, 1.807) is 6.07 Å². The number of hydrogen-bond acceptors (Lipinski definition) is 7. The number of carbonyl (C=O) groups is 1. The Labute approximate surface area is 195 Å². The Hall–Kier alpha value is -2.55. The van der Waals surface area contributed by atoms with Crippen LogP contribution < -0.4 is 16.0 Å². The predicted octanol–water partition coefficient (Wildman–Crippen LogP) is 2.15. The van der Waals surface area contributed by atoms with Gasteiger partial charge in [-0.2, -0.15) is 0 Å². The molecule has 3 aliphatic heterocycles. The predicted molar refractivity (Wildman–Crippen MR) is 127 cm³/mol. The summed E-state index contributed by atoms with van der Waals surface area (Å²) < 4.78 is 6.31. The second-order valence-corrected chi connectivity index (χ2v) is 9.26. The molecule has 1 amide bonds. The van der Waals surface area contributed by atoms with Crippen molar-refractivity contribution >= 4 is 11.7 Å². The zero-order valence-electron chi connectivity index (χ0n) is 19.1. The van der Waals surface area contributed by atoms with Gasteiger partial charge in [-0.1, -0.05) is 24.3 Å². The largest absolute Gasteiger partial charge is 0.374 e. The highest BCUT2D eigenvalue weighted by Crippen LogP contribution is 2.24. The minimum Gasteiger partial charge on any atom is -0.374 e. The van der Waals surface area contributed by atoms with Gasteiger partial charge in [0, 0.05) is 25.2 Å². The maximum Gasteiger partial charge on any atom is 0.272 e. The van der Waals surface area contributed by atoms with E-state index in [0.29, 0.717) is 24.9 Å². The lowest BCUT2D eigenvalue weighted by molar-refractivity contribution is -0.00761. The summed E-state index contributed by atoms with van der Waals surface area (Å²) in [4.78, 5) is 23.7. The van der Waals surface area contributed by atoms with Crippen LogP contribution in [0, 0.1) is 0 Å². The molecule has 33 heavy (non-hydrogen) atoms. The maximum absolute atomic E-state index is 13.2. The monoisotopic (exact) mass is 450 g/mol. The van der Waals surface area contributed by atoms with Gasteiger partial charge in [0.05, 0.1) is 18.8 Å². The van der Waals surface area contributed by atoms with E-state index in [-0.39, 0.29) is 18.1 Å². The molecule has 1 aromatic heterocycles. The number of fused-ring (bicyclic) bond motifs is 1. The zero-order chi connectivity index (χ0) is 22.5. The molecule has 8 heteroatoms. The lowest BCUT2D eigenvalue weighted by atomic mass is 9.95. The van der Waals surface area contributed by atoms with Crippen molar-refractivity contribution in [2.75, 3.05) is 44.6 Å². The normalized spacial score (nSPS) is 23.7. The average Bonchev–Trinajstić information content (AvgIpc) is 2.88. The second-order valence-electron chi connectivity index (χ2n) is 9.26. The molecule has 3 aliphatic rings. The van der Waals surface area contributed by atoms with Crippen molar-refractivity contribution in [2.45, 2.75) is 50.3 Å². The van der Waals surface area contributed by atoms with Crippen LogP contribution in [0.3, 0.4) is 0 Å². The molecule has 4 heterocycles. The average molecular weight is 451 g/mol. The van der Waals surface area contributed by atoms with Crippen LogP contribution in [-0.2, 0) is 11.2 Å². The maximum atomic E-state index is 13.2. The first-order chi connectivity index (χ1) is 16.3. The first-order valence-corrected chi connectivity index (χ1v) is 12.3. The highest BCUT2D eigenvalue weighted by Gasteiger charge is 2.28. The number of benzene rings is 1. The van der Waals surface area contributed by atoms with Gasteiger partial charge in [-0.3, -0.25) is 4.79 Å². The molecule has 5 rings (SSSR count). The summed E-state index contributed by atoms with van der Waals surface area (Å²) in [5, 5.41) is 10.4. The van der Waals surface area contributed by atoms with Gasteiger partial charge in [0.2, 0.25) is 0 Å². The highest BCUT2D eigenvalue weighted by atomic mass is 16.5. The molecule has 0 bridgehead atoms. The minimum absolute atomic E-state index is 0.0415. The molecule has 0 saturated carbocycles. The number of aromatic nitrogens is 2. The number of likely N-dealkylation sites (tertiary alicyclic amines) is 1. The van der Waals surface area contributed by atoms with Crippen molar-refractivity contribution in [2.24, 2.45) is 0 Å². The smallest absolute Gasteiger partial charge is 0.272 e. The lowest BCUT2D eigenvalue weighted by Crippen LogP contribution is -2.44. The quantitative estimate of drug-likeness (QED) is 0.621. The molecule has 2 atom stereocenters. The van der Waals surface area contributed by atoms with Gasteiger partial charge in [-0.25, -0.2) is 9.97 Å². The Kier molecular flexibility index (Phi) is 7.14. The molecule has 0 aliphatic carbocycles. The van der Waals surface area contributed by atoms with Crippen LogP contribution in [0.25, 0.3) is 0 Å². The van der Waals surface area contributed by atoms with Crippen molar-refractivity contribution < 1.29 is 9.53 Å². The summed E-state index contributed by atoms with van der Waals surface area (Å²) in [6.07, 6.45) is 6.62. The van der Waals surface area contributed by atoms with E-state index in [1.165, 1.54) is 17.5 Å². The summed E-state index contributed by atoms with van der Waals surface area (Å²) in [5.41, 5.74) is 3.19. The van der Waals surface area contributed by atoms with E-state index >= 15 is 0 Å². The Morgan fingerprint density at radius 3 is 2.94 bits per heavy atom. The Bertz CT molecular complexity index is 948. The number of nitrogens with zero attached hydrogens (tertiary/aromatic N) is 3. The number of carbonyl (C=O) groups excluding carboxylic acids is 1. The van der Waals surface area contributed by atoms with Gasteiger partial charge in [-0.05, 0) is 62.9 Å². The molecular weight excluding hydrogens is 416 g/mol. The van der Waals surface area contributed by atoms with E-state index in [4.69, 9.17) is 4.74 Å². The van der Waals surface area contributed by atoms with Crippen molar-refractivity contribution in [3.05, 3.63) is 53.5 Å². The summed E-state index contributed by atoms with van der Waals surface area (Å²) in [7, 11) is 0. The molecule has 0 spiro atoms. The summed E-state index contributed by atoms with van der Waals surface area (Å²) in [5.74, 6) is 0.687. The van der Waals surface area contributed by atoms with Gasteiger partial charge in [0.15, 0.2) is 0 Å². The molecule has 2 aromatic rings. The SMILES string of the molecule is O=C(c1cc(NC2CCNCC2)ncn1)N1CCC[C@@H](OCC2NCCc3ccccc32)C1. The molecule has 1 unspecified atom stereocenters. The fourth-order valence-electron chi connectivity index (χ4n) is 5.12. The first kappa shape index (κ1) is 22.3. The number of nitrogens with one attached hydrogen (secondary N) is 3. The minimum atomic E-state index is -0.0415. The first-order valence-electron chi connectivity index (χ1n) is 12.3. The molecule has 2 saturated heterocycles. The molecule has 8 nitrogen and oxygen atoms in total. The third-order valence-electron chi connectivity index (χ3n) is 6.96. The standard InChI is InChI=1S/C25H34N6O2/c32-25(22-14-24(29-17-28-22)30-19-8-10-26-11-9-19)31-13-3-5-20(15-31)33-16-23-21-6-2-1-4-18(21)7-12-27-23/h1-2,4,6,14,17,19-20,23,26-27H,3,5,7-13,15-16H2,(H,28,29,30)/t20-,23?/m1/s1. The van der Waals surface area contributed by atoms with Crippen LogP contribution in [0.15, 0.2) is 36.7 Å². The third kappa shape index (κ3) is 5.51. The molecular formula is C25H34N6O2. The topological polar surface area (TPSA) is 91.4 Å². The van der Waals surface area contributed by atoms with E-state index in [1.807, 2.05) is 4.90 Å². The van der Waals surface area contributed by atoms with Crippen molar-refractivity contribution in [1.29, 1.82) is 0 Å². The van der Waals surface area contributed by atoms with Gasteiger partial charge in [-0.15, -0.1) is 0 Å². The number of rotatable bonds is 6. The highest BCUT2D eigenvalue weighted by molar-refractivity contribution is 5.93. The van der Waals surface area contributed by atoms with E-state index in [2.05, 4.69) is 50.2 Å². The number of piperidine rings is 2. The molecule has 176 valence electrons. The van der Waals surface area contributed by atoms with Crippen LogP contribution in [0.1, 0.15) is 53.3 Å². The fourth-order valence-corrected chi connectivity index (χ4v) is 5.12. The van der Waals surface area contributed by atoms with Crippen molar-refractivity contribution in [3.8, 4) is 0 Å². The zero-order valence-corrected chi connectivity index (χ0v) is 19.1. The van der Waals surface area contributed by atoms with Crippen LogP contribution in [0.2, 0.25) is 0 Å². The van der Waals surface area contributed by atoms with Crippen LogP contribution in [-0.4, -0.2) is 72.3 Å². The fraction of sp³-hybridized carbons (Fsp3) is 0.560.